The normalized spacial score (nSPS) is 16.1. The van der Waals surface area contributed by atoms with E-state index in [2.05, 4.69) is 12.1 Å². The van der Waals surface area contributed by atoms with E-state index in [4.69, 9.17) is 25.5 Å². The average Bonchev–Trinajstić information content (AvgIpc) is 3.22. The number of carbonyl (C=O) groups is 1. The fourth-order valence-corrected chi connectivity index (χ4v) is 4.31. The third kappa shape index (κ3) is 3.58. The number of fused-ring (bicyclic) bond motifs is 1. The lowest BCUT2D eigenvalue weighted by Gasteiger charge is -2.25. The fourth-order valence-electron chi connectivity index (χ4n) is 3.94. The smallest absolute Gasteiger partial charge is 0.289 e. The number of halogens is 1. The second-order valence-corrected chi connectivity index (χ2v) is 7.31. The monoisotopic (exact) mass is 411 g/mol. The van der Waals surface area contributed by atoms with Gasteiger partial charge in [-0.1, -0.05) is 41.9 Å². The molecule has 1 aliphatic rings. The number of furan rings is 1. The molecule has 2 heterocycles. The van der Waals surface area contributed by atoms with Gasteiger partial charge >= 0.3 is 0 Å². The first-order chi connectivity index (χ1) is 14.1. The zero-order valence-electron chi connectivity index (χ0n) is 16.4. The quantitative estimate of drug-likeness (QED) is 0.620. The molecule has 6 heteroatoms. The summed E-state index contributed by atoms with van der Waals surface area (Å²) in [6.45, 7) is 1.05. The van der Waals surface area contributed by atoms with Gasteiger partial charge in [-0.3, -0.25) is 4.79 Å². The van der Waals surface area contributed by atoms with Gasteiger partial charge in [0.05, 0.1) is 25.5 Å². The molecule has 1 amide bonds. The van der Waals surface area contributed by atoms with Crippen LogP contribution < -0.4 is 9.47 Å². The minimum absolute atomic E-state index is 0.0510. The third-order valence-electron chi connectivity index (χ3n) is 5.38. The number of carbonyl (C=O) groups excluding carboxylic acids is 1. The van der Waals surface area contributed by atoms with Crippen molar-refractivity contribution in [3.05, 3.63) is 82.3 Å². The van der Waals surface area contributed by atoms with Gasteiger partial charge in [-0.2, -0.15) is 0 Å². The number of nitrogens with zero attached hydrogens (tertiary/aromatic N) is 1. The van der Waals surface area contributed by atoms with Gasteiger partial charge in [0.25, 0.3) is 5.91 Å². The number of amides is 1. The number of hydrogen-bond donors (Lipinski definition) is 0. The van der Waals surface area contributed by atoms with E-state index in [1.807, 2.05) is 29.2 Å². The molecule has 0 spiro atoms. The summed E-state index contributed by atoms with van der Waals surface area (Å²) in [6, 6.07) is 15.5. The van der Waals surface area contributed by atoms with Gasteiger partial charge < -0.3 is 18.8 Å². The lowest BCUT2D eigenvalue weighted by Crippen LogP contribution is -2.34. The number of rotatable bonds is 4. The predicted octanol–water partition coefficient (Wildman–Crippen LogP) is 4.78. The van der Waals surface area contributed by atoms with E-state index in [0.717, 1.165) is 16.7 Å². The molecule has 5 nitrogen and oxygen atoms in total. The lowest BCUT2D eigenvalue weighted by atomic mass is 9.87. The second kappa shape index (κ2) is 8.21. The van der Waals surface area contributed by atoms with Gasteiger partial charge in [-0.25, -0.2) is 0 Å². The van der Waals surface area contributed by atoms with E-state index in [1.54, 1.807) is 26.4 Å². The van der Waals surface area contributed by atoms with Crippen molar-refractivity contribution in [2.24, 2.45) is 0 Å². The summed E-state index contributed by atoms with van der Waals surface area (Å²) in [5.41, 5.74) is 3.14. The average molecular weight is 412 g/mol. The highest BCUT2D eigenvalue weighted by atomic mass is 35.5. The van der Waals surface area contributed by atoms with Gasteiger partial charge in [0.2, 0.25) is 0 Å². The molecule has 29 heavy (non-hydrogen) atoms. The fraction of sp³-hybridized carbons (Fsp3) is 0.261. The number of hydrogen-bond acceptors (Lipinski definition) is 4. The van der Waals surface area contributed by atoms with Gasteiger partial charge in [-0.15, -0.1) is 0 Å². The Kier molecular flexibility index (Phi) is 5.49. The molecule has 1 unspecified atom stereocenters. The Morgan fingerprint density at radius 2 is 1.93 bits per heavy atom. The van der Waals surface area contributed by atoms with Crippen LogP contribution in [-0.2, 0) is 6.42 Å². The first-order valence-corrected chi connectivity index (χ1v) is 9.82. The molecule has 2 aromatic carbocycles. The van der Waals surface area contributed by atoms with Crippen molar-refractivity contribution < 1.29 is 18.7 Å². The van der Waals surface area contributed by atoms with Crippen molar-refractivity contribution in [1.82, 2.24) is 4.90 Å². The van der Waals surface area contributed by atoms with Crippen LogP contribution in [0.4, 0.5) is 0 Å². The molecule has 0 bridgehead atoms. The zero-order valence-corrected chi connectivity index (χ0v) is 17.1. The van der Waals surface area contributed by atoms with Gasteiger partial charge in [-0.05, 0) is 41.3 Å². The molecule has 1 aliphatic heterocycles. The van der Waals surface area contributed by atoms with Crippen LogP contribution in [-0.4, -0.2) is 38.1 Å². The maximum atomic E-state index is 13.0. The van der Waals surface area contributed by atoms with Crippen LogP contribution in [0.15, 0.2) is 59.2 Å². The summed E-state index contributed by atoms with van der Waals surface area (Å²) >= 11 is 6.74. The summed E-state index contributed by atoms with van der Waals surface area (Å²) in [5.74, 6) is 1.27. The number of benzene rings is 2. The van der Waals surface area contributed by atoms with Crippen molar-refractivity contribution in [2.75, 3.05) is 27.3 Å². The summed E-state index contributed by atoms with van der Waals surface area (Å²) < 4.78 is 16.4. The van der Waals surface area contributed by atoms with Crippen molar-refractivity contribution in [3.63, 3.8) is 0 Å². The predicted molar refractivity (Wildman–Crippen MR) is 111 cm³/mol. The molecule has 4 rings (SSSR count). The second-order valence-electron chi connectivity index (χ2n) is 6.94. The molecule has 1 atom stereocenters. The standard InChI is InChI=1S/C23H22ClNO4/c1-27-20-13-17-16(21(24)22(20)28-2)10-11-25(23(26)19-9-6-12-29-19)14-18(17)15-7-4-3-5-8-15/h3-9,12-13,18H,10-11,14H2,1-2H3. The SMILES string of the molecule is COc1cc2c(c(Cl)c1OC)CCN(C(=O)c1ccco1)CC2c1ccccc1. The minimum Gasteiger partial charge on any atom is -0.493 e. The Morgan fingerprint density at radius 3 is 2.59 bits per heavy atom. The van der Waals surface area contributed by atoms with Crippen LogP contribution in [0.2, 0.25) is 5.02 Å². The van der Waals surface area contributed by atoms with Gasteiger partial charge in [0.15, 0.2) is 17.3 Å². The van der Waals surface area contributed by atoms with E-state index in [1.165, 1.54) is 6.26 Å². The molecular formula is C23H22ClNO4. The highest BCUT2D eigenvalue weighted by Gasteiger charge is 2.31. The van der Waals surface area contributed by atoms with E-state index in [0.29, 0.717) is 41.8 Å². The first kappa shape index (κ1) is 19.4. The highest BCUT2D eigenvalue weighted by Crippen LogP contribution is 2.44. The van der Waals surface area contributed by atoms with E-state index >= 15 is 0 Å². The van der Waals surface area contributed by atoms with E-state index in [9.17, 15) is 4.79 Å². The first-order valence-electron chi connectivity index (χ1n) is 9.45. The molecule has 3 aromatic rings. The molecule has 1 aromatic heterocycles. The molecule has 0 fully saturated rings. The Balaban J connectivity index is 1.83. The Morgan fingerprint density at radius 1 is 1.14 bits per heavy atom. The van der Waals surface area contributed by atoms with Crippen molar-refractivity contribution in [2.45, 2.75) is 12.3 Å². The number of methoxy groups -OCH3 is 2. The topological polar surface area (TPSA) is 51.9 Å². The van der Waals surface area contributed by atoms with Crippen LogP contribution >= 0.6 is 11.6 Å². The lowest BCUT2D eigenvalue weighted by molar-refractivity contribution is 0.0725. The van der Waals surface area contributed by atoms with Crippen LogP contribution in [0.5, 0.6) is 11.5 Å². The summed E-state index contributed by atoms with van der Waals surface area (Å²) in [4.78, 5) is 14.8. The molecule has 0 N–H and O–H groups in total. The van der Waals surface area contributed by atoms with Crippen LogP contribution in [0.1, 0.15) is 33.2 Å². The maximum absolute atomic E-state index is 13.0. The molecule has 150 valence electrons. The van der Waals surface area contributed by atoms with Gasteiger partial charge in [0.1, 0.15) is 0 Å². The molecule has 0 aliphatic carbocycles. The van der Waals surface area contributed by atoms with Crippen LogP contribution in [0.3, 0.4) is 0 Å². The zero-order chi connectivity index (χ0) is 20.4. The summed E-state index contributed by atoms with van der Waals surface area (Å²) in [6.07, 6.45) is 2.13. The van der Waals surface area contributed by atoms with Crippen molar-refractivity contribution >= 4 is 17.5 Å². The van der Waals surface area contributed by atoms with Crippen LogP contribution in [0.25, 0.3) is 0 Å². The summed E-state index contributed by atoms with van der Waals surface area (Å²) in [7, 11) is 3.18. The minimum atomic E-state index is -0.126. The molecular weight excluding hydrogens is 390 g/mol. The maximum Gasteiger partial charge on any atom is 0.289 e. The third-order valence-corrected chi connectivity index (χ3v) is 5.78. The Hall–Kier alpha value is -2.92. The van der Waals surface area contributed by atoms with Crippen molar-refractivity contribution in [1.29, 1.82) is 0 Å². The summed E-state index contributed by atoms with van der Waals surface area (Å²) in [5, 5.41) is 0.537. The Bertz CT molecular complexity index is 1000. The highest BCUT2D eigenvalue weighted by molar-refractivity contribution is 6.33. The molecule has 0 saturated heterocycles. The van der Waals surface area contributed by atoms with E-state index in [-0.39, 0.29) is 11.8 Å². The van der Waals surface area contributed by atoms with E-state index < -0.39 is 0 Å². The van der Waals surface area contributed by atoms with Crippen LogP contribution in [0, 0.1) is 0 Å². The number of ether oxygens (including phenoxy) is 2. The Labute approximate surface area is 174 Å². The molecule has 0 saturated carbocycles. The van der Waals surface area contributed by atoms with Crippen molar-refractivity contribution in [3.8, 4) is 11.5 Å². The molecule has 0 radical (unpaired) electrons. The largest absolute Gasteiger partial charge is 0.493 e. The van der Waals surface area contributed by atoms with Gasteiger partial charge in [0, 0.05) is 19.0 Å².